The fourth-order valence-electron chi connectivity index (χ4n) is 1.05. The van der Waals surface area contributed by atoms with Gasteiger partial charge < -0.3 is 5.32 Å². The molecule has 0 radical (unpaired) electrons. The van der Waals surface area contributed by atoms with Crippen molar-refractivity contribution >= 4 is 65.2 Å². The molecule has 8 heteroatoms. The summed E-state index contributed by atoms with van der Waals surface area (Å²) in [4.78, 5) is 0. The second-order valence-corrected chi connectivity index (χ2v) is 6.75. The van der Waals surface area contributed by atoms with Crippen LogP contribution in [0.4, 0.5) is 18.9 Å². The molecular weight excluding hydrogens is 451 g/mol. The Hall–Kier alpha value is 0.600. The third kappa shape index (κ3) is 5.85. The topological polar surface area (TPSA) is 12.0 Å². The molecule has 0 saturated heterocycles. The maximum atomic E-state index is 11.9. The van der Waals surface area contributed by atoms with E-state index in [0.29, 0.717) is 0 Å². The van der Waals surface area contributed by atoms with Crippen LogP contribution in [0.15, 0.2) is 25.6 Å². The van der Waals surface area contributed by atoms with E-state index in [1.807, 2.05) is 12.1 Å². The summed E-state index contributed by atoms with van der Waals surface area (Å²) in [6.45, 7) is 0.239. The number of nitrogens with one attached hydrogen (secondary N) is 1. The van der Waals surface area contributed by atoms with Crippen molar-refractivity contribution in [3.05, 3.63) is 25.6 Å². The van der Waals surface area contributed by atoms with Crippen LogP contribution >= 0.6 is 59.6 Å². The second-order valence-electron chi connectivity index (χ2n) is 2.97. The van der Waals surface area contributed by atoms with E-state index in [0.717, 1.165) is 19.1 Å². The molecule has 0 aromatic heterocycles. The van der Waals surface area contributed by atoms with Gasteiger partial charge in [-0.2, -0.15) is 13.2 Å². The summed E-state index contributed by atoms with van der Waals surface area (Å²) in [6, 6.07) is 3.65. The largest absolute Gasteiger partial charge is 0.441 e. The molecule has 0 saturated carbocycles. The van der Waals surface area contributed by atoms with Gasteiger partial charge in [0.2, 0.25) is 0 Å². The van der Waals surface area contributed by atoms with E-state index in [4.69, 9.17) is 0 Å². The zero-order valence-electron chi connectivity index (χ0n) is 8.24. The van der Waals surface area contributed by atoms with Crippen molar-refractivity contribution < 1.29 is 13.2 Å². The smallest absolute Gasteiger partial charge is 0.382 e. The standard InChI is InChI=1S/C9H7Br3F3NS/c10-5-3-6(11)8(7(12)4-5)16-1-2-17-9(13,14)15/h3-4,16H,1-2H2. The summed E-state index contributed by atoms with van der Waals surface area (Å²) in [7, 11) is 0. The van der Waals surface area contributed by atoms with Crippen LogP contribution in [0.25, 0.3) is 0 Å². The molecule has 0 aliphatic heterocycles. The number of thioether (sulfide) groups is 1. The molecule has 1 nitrogen and oxygen atoms in total. The molecule has 0 atom stereocenters. The van der Waals surface area contributed by atoms with Crippen LogP contribution in [0.1, 0.15) is 0 Å². The highest BCUT2D eigenvalue weighted by Crippen LogP contribution is 2.35. The van der Waals surface area contributed by atoms with Gasteiger partial charge in [-0.1, -0.05) is 15.9 Å². The first-order valence-corrected chi connectivity index (χ1v) is 7.75. The first kappa shape index (κ1) is 15.7. The predicted octanol–water partition coefficient (Wildman–Crippen LogP) is 5.64. The Kier molecular flexibility index (Phi) is 6.15. The number of anilines is 1. The summed E-state index contributed by atoms with van der Waals surface area (Å²) >= 11 is 9.96. The van der Waals surface area contributed by atoms with Gasteiger partial charge in [-0.3, -0.25) is 0 Å². The number of hydrogen-bond donors (Lipinski definition) is 1. The lowest BCUT2D eigenvalue weighted by Crippen LogP contribution is -2.10. The highest BCUT2D eigenvalue weighted by Gasteiger charge is 2.27. The summed E-state index contributed by atoms with van der Waals surface area (Å²) < 4.78 is 38.2. The molecule has 0 aliphatic carbocycles. The van der Waals surface area contributed by atoms with Crippen molar-refractivity contribution in [3.8, 4) is 0 Å². The van der Waals surface area contributed by atoms with Gasteiger partial charge in [0, 0.05) is 25.7 Å². The van der Waals surface area contributed by atoms with Crippen LogP contribution < -0.4 is 5.32 Å². The summed E-state index contributed by atoms with van der Waals surface area (Å²) in [5.74, 6) is -0.0293. The summed E-state index contributed by atoms with van der Waals surface area (Å²) in [5.41, 5.74) is -3.42. The Bertz CT molecular complexity index is 375. The lowest BCUT2D eigenvalue weighted by Gasteiger charge is -2.12. The van der Waals surface area contributed by atoms with Crippen LogP contribution in [0.5, 0.6) is 0 Å². The molecule has 0 bridgehead atoms. The van der Waals surface area contributed by atoms with E-state index < -0.39 is 5.51 Å². The molecule has 0 fully saturated rings. The zero-order valence-corrected chi connectivity index (χ0v) is 13.8. The number of hydrogen-bond acceptors (Lipinski definition) is 2. The van der Waals surface area contributed by atoms with Gasteiger partial charge in [0.15, 0.2) is 0 Å². The van der Waals surface area contributed by atoms with Gasteiger partial charge in [0.1, 0.15) is 0 Å². The minimum Gasteiger partial charge on any atom is -0.382 e. The lowest BCUT2D eigenvalue weighted by molar-refractivity contribution is -0.0327. The molecule has 1 N–H and O–H groups in total. The highest BCUT2D eigenvalue weighted by molar-refractivity contribution is 9.11. The molecule has 0 spiro atoms. The first-order chi connectivity index (χ1) is 7.79. The lowest BCUT2D eigenvalue weighted by atomic mass is 10.3. The molecule has 17 heavy (non-hydrogen) atoms. The molecule has 0 unspecified atom stereocenters. The van der Waals surface area contributed by atoms with Crippen molar-refractivity contribution in [2.24, 2.45) is 0 Å². The number of benzene rings is 1. The normalized spacial score (nSPS) is 11.6. The molecule has 0 amide bonds. The summed E-state index contributed by atoms with van der Waals surface area (Å²) in [6.07, 6.45) is 0. The molecule has 0 aliphatic rings. The van der Waals surface area contributed by atoms with E-state index in [-0.39, 0.29) is 24.1 Å². The van der Waals surface area contributed by atoms with Crippen molar-refractivity contribution in [2.45, 2.75) is 5.51 Å². The third-order valence-electron chi connectivity index (χ3n) is 1.68. The molecular formula is C9H7Br3F3NS. The maximum absolute atomic E-state index is 11.9. The Balaban J connectivity index is 2.53. The van der Waals surface area contributed by atoms with Gasteiger partial charge in [-0.25, -0.2) is 0 Å². The number of rotatable bonds is 4. The van der Waals surface area contributed by atoms with Gasteiger partial charge in [0.05, 0.1) is 5.69 Å². The SMILES string of the molecule is FC(F)(F)SCCNc1c(Br)cc(Br)cc1Br. The predicted molar refractivity (Wildman–Crippen MR) is 76.5 cm³/mol. The third-order valence-corrected chi connectivity index (χ3v) is 4.12. The molecule has 1 rings (SSSR count). The van der Waals surface area contributed by atoms with Gasteiger partial charge in [-0.05, 0) is 55.8 Å². The highest BCUT2D eigenvalue weighted by atomic mass is 79.9. The minimum absolute atomic E-state index is 0.0293. The Morgan fingerprint density at radius 2 is 1.65 bits per heavy atom. The molecule has 96 valence electrons. The summed E-state index contributed by atoms with van der Waals surface area (Å²) in [5, 5.41) is 2.95. The molecule has 1 aromatic rings. The Morgan fingerprint density at radius 3 is 2.12 bits per heavy atom. The Labute approximate surface area is 126 Å². The Morgan fingerprint density at radius 1 is 1.12 bits per heavy atom. The second kappa shape index (κ2) is 6.68. The average molecular weight is 458 g/mol. The van der Waals surface area contributed by atoms with Crippen LogP contribution in [-0.2, 0) is 0 Å². The monoisotopic (exact) mass is 455 g/mol. The maximum Gasteiger partial charge on any atom is 0.441 e. The van der Waals surface area contributed by atoms with E-state index >= 15 is 0 Å². The molecule has 1 aromatic carbocycles. The zero-order chi connectivity index (χ0) is 13.1. The van der Waals surface area contributed by atoms with Gasteiger partial charge >= 0.3 is 5.51 Å². The van der Waals surface area contributed by atoms with Crippen LogP contribution in [0.3, 0.4) is 0 Å². The van der Waals surface area contributed by atoms with E-state index in [9.17, 15) is 13.2 Å². The average Bonchev–Trinajstić information content (AvgIpc) is 2.13. The fraction of sp³-hybridized carbons (Fsp3) is 0.333. The van der Waals surface area contributed by atoms with Gasteiger partial charge in [-0.15, -0.1) is 0 Å². The number of alkyl halides is 3. The number of halogens is 6. The first-order valence-electron chi connectivity index (χ1n) is 4.38. The quantitative estimate of drug-likeness (QED) is 0.587. The van der Waals surface area contributed by atoms with E-state index in [2.05, 4.69) is 53.1 Å². The van der Waals surface area contributed by atoms with Crippen molar-refractivity contribution in [1.82, 2.24) is 0 Å². The minimum atomic E-state index is -4.17. The van der Waals surface area contributed by atoms with Crippen molar-refractivity contribution in [2.75, 3.05) is 17.6 Å². The van der Waals surface area contributed by atoms with Crippen LogP contribution in [0.2, 0.25) is 0 Å². The molecule has 0 heterocycles. The van der Waals surface area contributed by atoms with Crippen molar-refractivity contribution in [1.29, 1.82) is 0 Å². The van der Waals surface area contributed by atoms with Gasteiger partial charge in [0.25, 0.3) is 0 Å². The van der Waals surface area contributed by atoms with Crippen LogP contribution in [0, 0.1) is 0 Å². The van der Waals surface area contributed by atoms with Crippen LogP contribution in [-0.4, -0.2) is 17.8 Å². The van der Waals surface area contributed by atoms with Crippen molar-refractivity contribution in [3.63, 3.8) is 0 Å². The fourth-order valence-corrected chi connectivity index (χ4v) is 4.03. The van der Waals surface area contributed by atoms with E-state index in [1.54, 1.807) is 0 Å². The van der Waals surface area contributed by atoms with E-state index in [1.165, 1.54) is 0 Å².